The summed E-state index contributed by atoms with van der Waals surface area (Å²) in [6, 6.07) is 3.51. The van der Waals surface area contributed by atoms with Gasteiger partial charge < -0.3 is 20.5 Å². The molecule has 0 saturated heterocycles. The Labute approximate surface area is 103 Å². The molecular weight excluding hydrogens is 236 g/mol. The highest BCUT2D eigenvalue weighted by Gasteiger charge is 2.07. The van der Waals surface area contributed by atoms with Gasteiger partial charge in [0.25, 0.3) is 0 Å². The Balaban J connectivity index is 2.02. The molecule has 0 aliphatic rings. The number of H-pyrrole nitrogens is 1. The molecule has 0 fully saturated rings. The molecule has 7 nitrogen and oxygen atoms in total. The van der Waals surface area contributed by atoms with Crippen LogP contribution in [0.15, 0.2) is 18.3 Å². The Morgan fingerprint density at radius 3 is 3.11 bits per heavy atom. The van der Waals surface area contributed by atoms with E-state index in [2.05, 4.69) is 10.2 Å². The van der Waals surface area contributed by atoms with Gasteiger partial charge >= 0.3 is 6.09 Å². The minimum atomic E-state index is -0.990. The second kappa shape index (κ2) is 4.82. The number of aromatic amines is 1. The average Bonchev–Trinajstić information content (AvgIpc) is 2.75. The molecule has 2 rings (SSSR count). The Hall–Kier alpha value is -2.44. The number of nitrogens with two attached hydrogens (primary N) is 1. The van der Waals surface area contributed by atoms with Crippen LogP contribution >= 0.6 is 0 Å². The first-order valence-corrected chi connectivity index (χ1v) is 5.37. The number of rotatable bonds is 4. The number of aromatic nitrogens is 2. The third-order valence-electron chi connectivity index (χ3n) is 2.58. The number of ether oxygens (including phenoxy) is 1. The number of fused-ring (bicyclic) bond motifs is 1. The van der Waals surface area contributed by atoms with E-state index in [-0.39, 0.29) is 13.2 Å². The van der Waals surface area contributed by atoms with Gasteiger partial charge in [0.15, 0.2) is 0 Å². The summed E-state index contributed by atoms with van der Waals surface area (Å²) in [7, 11) is 1.48. The topological polar surface area (TPSA) is 104 Å². The molecule has 0 bridgehead atoms. The number of nitrogens with one attached hydrogen (secondary N) is 1. The number of hydrogen-bond acceptors (Lipinski definition) is 4. The van der Waals surface area contributed by atoms with Crippen molar-refractivity contribution < 1.29 is 14.6 Å². The van der Waals surface area contributed by atoms with Gasteiger partial charge in [-0.2, -0.15) is 5.10 Å². The van der Waals surface area contributed by atoms with Crippen molar-refractivity contribution >= 4 is 22.7 Å². The molecule has 0 unspecified atom stereocenters. The molecular formula is C11H14N4O3. The van der Waals surface area contributed by atoms with Crippen molar-refractivity contribution in [2.24, 2.45) is 0 Å². The summed E-state index contributed by atoms with van der Waals surface area (Å²) in [4.78, 5) is 11.7. The average molecular weight is 250 g/mol. The van der Waals surface area contributed by atoms with Crippen molar-refractivity contribution in [3.8, 4) is 5.75 Å². The molecule has 0 radical (unpaired) electrons. The zero-order valence-corrected chi connectivity index (χ0v) is 9.88. The van der Waals surface area contributed by atoms with Crippen LogP contribution in [0.3, 0.4) is 0 Å². The summed E-state index contributed by atoms with van der Waals surface area (Å²) in [6.07, 6.45) is 0.684. The van der Waals surface area contributed by atoms with Crippen molar-refractivity contribution in [3.05, 3.63) is 18.3 Å². The summed E-state index contributed by atoms with van der Waals surface area (Å²) < 4.78 is 5.46. The van der Waals surface area contributed by atoms with Gasteiger partial charge in [0.05, 0.1) is 23.9 Å². The lowest BCUT2D eigenvalue weighted by molar-refractivity contribution is 0.147. The number of benzene rings is 1. The van der Waals surface area contributed by atoms with Crippen LogP contribution < -0.4 is 10.5 Å². The number of amides is 1. The quantitative estimate of drug-likeness (QED) is 0.705. The highest BCUT2D eigenvalue weighted by atomic mass is 16.5. The van der Waals surface area contributed by atoms with E-state index in [9.17, 15) is 4.79 Å². The molecule has 7 heteroatoms. The molecule has 0 saturated carbocycles. The van der Waals surface area contributed by atoms with Gasteiger partial charge in [-0.15, -0.1) is 0 Å². The molecule has 0 aliphatic carbocycles. The van der Waals surface area contributed by atoms with E-state index in [1.165, 1.54) is 7.05 Å². The predicted molar refractivity (Wildman–Crippen MR) is 66.7 cm³/mol. The van der Waals surface area contributed by atoms with Crippen LogP contribution in [-0.2, 0) is 0 Å². The fourth-order valence-electron chi connectivity index (χ4n) is 1.50. The number of nitrogen functional groups attached to an aromatic ring is 1. The van der Waals surface area contributed by atoms with Crippen molar-refractivity contribution in [1.82, 2.24) is 15.1 Å². The minimum Gasteiger partial charge on any atom is -0.490 e. The van der Waals surface area contributed by atoms with Crippen molar-refractivity contribution in [2.45, 2.75) is 0 Å². The summed E-state index contributed by atoms with van der Waals surface area (Å²) in [5.74, 6) is 0.519. The van der Waals surface area contributed by atoms with Crippen LogP contribution in [0.25, 0.3) is 10.9 Å². The summed E-state index contributed by atoms with van der Waals surface area (Å²) in [5, 5.41) is 16.3. The van der Waals surface area contributed by atoms with Gasteiger partial charge in [-0.25, -0.2) is 4.79 Å². The first-order valence-electron chi connectivity index (χ1n) is 5.37. The zero-order valence-electron chi connectivity index (χ0n) is 9.88. The molecule has 1 aromatic heterocycles. The van der Waals surface area contributed by atoms with Gasteiger partial charge in [-0.1, -0.05) is 0 Å². The molecule has 96 valence electrons. The Kier molecular flexibility index (Phi) is 3.22. The van der Waals surface area contributed by atoms with Crippen LogP contribution in [0, 0.1) is 0 Å². The van der Waals surface area contributed by atoms with Gasteiger partial charge in [-0.3, -0.25) is 5.10 Å². The third-order valence-corrected chi connectivity index (χ3v) is 2.58. The van der Waals surface area contributed by atoms with Crippen LogP contribution in [0.4, 0.5) is 10.5 Å². The van der Waals surface area contributed by atoms with E-state index in [1.807, 2.05) is 0 Å². The predicted octanol–water partition coefficient (Wildman–Crippen LogP) is 1.13. The number of anilines is 1. The molecule has 1 aromatic carbocycles. The molecule has 0 atom stereocenters. The molecule has 18 heavy (non-hydrogen) atoms. The lowest BCUT2D eigenvalue weighted by Gasteiger charge is -2.14. The Morgan fingerprint density at radius 1 is 1.61 bits per heavy atom. The molecule has 1 amide bonds. The molecule has 0 aliphatic heterocycles. The number of carbonyl (C=O) groups is 1. The summed E-state index contributed by atoms with van der Waals surface area (Å²) >= 11 is 0. The van der Waals surface area contributed by atoms with E-state index in [1.54, 1.807) is 18.3 Å². The van der Waals surface area contributed by atoms with Gasteiger partial charge in [-0.05, 0) is 6.07 Å². The van der Waals surface area contributed by atoms with Crippen LogP contribution in [-0.4, -0.2) is 46.5 Å². The molecule has 0 spiro atoms. The number of carboxylic acid groups (broad SMARTS) is 1. The zero-order chi connectivity index (χ0) is 13.1. The van der Waals surface area contributed by atoms with E-state index in [0.717, 1.165) is 15.8 Å². The van der Waals surface area contributed by atoms with Crippen molar-refractivity contribution in [3.63, 3.8) is 0 Å². The second-order valence-corrected chi connectivity index (χ2v) is 3.90. The molecule has 4 N–H and O–H groups in total. The SMILES string of the molecule is CN(CCOc1cc2[nH]ncc2cc1N)C(=O)O. The van der Waals surface area contributed by atoms with E-state index < -0.39 is 6.09 Å². The Morgan fingerprint density at radius 2 is 2.39 bits per heavy atom. The normalized spacial score (nSPS) is 10.5. The van der Waals surface area contributed by atoms with Crippen LogP contribution in [0.2, 0.25) is 0 Å². The molecule has 2 aromatic rings. The summed E-state index contributed by atoms with van der Waals surface area (Å²) in [5.41, 5.74) is 7.15. The minimum absolute atomic E-state index is 0.243. The summed E-state index contributed by atoms with van der Waals surface area (Å²) in [6.45, 7) is 0.516. The highest BCUT2D eigenvalue weighted by Crippen LogP contribution is 2.26. The largest absolute Gasteiger partial charge is 0.490 e. The fourth-order valence-corrected chi connectivity index (χ4v) is 1.50. The van der Waals surface area contributed by atoms with E-state index >= 15 is 0 Å². The van der Waals surface area contributed by atoms with Gasteiger partial charge in [0, 0.05) is 18.5 Å². The van der Waals surface area contributed by atoms with Crippen LogP contribution in [0.5, 0.6) is 5.75 Å². The maximum atomic E-state index is 10.6. The highest BCUT2D eigenvalue weighted by molar-refractivity contribution is 5.84. The first kappa shape index (κ1) is 12.0. The maximum Gasteiger partial charge on any atom is 0.407 e. The van der Waals surface area contributed by atoms with Gasteiger partial charge in [0.2, 0.25) is 0 Å². The van der Waals surface area contributed by atoms with Crippen LogP contribution in [0.1, 0.15) is 0 Å². The number of likely N-dealkylation sites (N-methyl/N-ethyl adjacent to an activating group) is 1. The smallest absolute Gasteiger partial charge is 0.407 e. The number of nitrogens with zero attached hydrogens (tertiary/aromatic N) is 2. The number of hydrogen-bond donors (Lipinski definition) is 3. The molecule has 1 heterocycles. The lowest BCUT2D eigenvalue weighted by atomic mass is 10.2. The first-order chi connectivity index (χ1) is 8.58. The Bertz CT molecular complexity index is 566. The van der Waals surface area contributed by atoms with Gasteiger partial charge in [0.1, 0.15) is 12.4 Å². The lowest BCUT2D eigenvalue weighted by Crippen LogP contribution is -2.29. The maximum absolute atomic E-state index is 10.6. The standard InChI is InChI=1S/C11H14N4O3/c1-15(11(16)17)2-3-18-10-5-9-7(4-8(10)12)6-13-14-9/h4-6H,2-3,12H2,1H3,(H,13,14)(H,16,17). The third kappa shape index (κ3) is 2.45. The van der Waals surface area contributed by atoms with Crippen molar-refractivity contribution in [1.29, 1.82) is 0 Å². The van der Waals surface area contributed by atoms with E-state index in [0.29, 0.717) is 11.4 Å². The second-order valence-electron chi connectivity index (χ2n) is 3.90. The van der Waals surface area contributed by atoms with Crippen molar-refractivity contribution in [2.75, 3.05) is 25.9 Å². The fraction of sp³-hybridized carbons (Fsp3) is 0.273. The van der Waals surface area contributed by atoms with E-state index in [4.69, 9.17) is 15.6 Å². The monoisotopic (exact) mass is 250 g/mol.